The summed E-state index contributed by atoms with van der Waals surface area (Å²) in [6, 6.07) is 6.15. The van der Waals surface area contributed by atoms with Gasteiger partial charge in [0.25, 0.3) is 0 Å². The summed E-state index contributed by atoms with van der Waals surface area (Å²) in [7, 11) is 0. The van der Waals surface area contributed by atoms with Crippen LogP contribution in [0.5, 0.6) is 0 Å². The van der Waals surface area contributed by atoms with Gasteiger partial charge in [-0.2, -0.15) is 0 Å². The van der Waals surface area contributed by atoms with Gasteiger partial charge in [0.1, 0.15) is 5.60 Å². The van der Waals surface area contributed by atoms with Gasteiger partial charge in [-0.1, -0.05) is 24.8 Å². The summed E-state index contributed by atoms with van der Waals surface area (Å²) in [5.74, 6) is 0. The molecule has 0 bridgehead atoms. The van der Waals surface area contributed by atoms with Crippen molar-refractivity contribution in [1.29, 1.82) is 0 Å². The second-order valence-corrected chi connectivity index (χ2v) is 5.57. The second kappa shape index (κ2) is 4.48. The first-order chi connectivity index (χ1) is 8.39. The average molecular weight is 245 g/mol. The molecule has 1 aliphatic heterocycles. The third-order valence-electron chi connectivity index (χ3n) is 2.84. The summed E-state index contributed by atoms with van der Waals surface area (Å²) >= 11 is 0. The molecule has 0 radical (unpaired) electrons. The number of carbonyl (C=O) groups is 1. The van der Waals surface area contributed by atoms with Crippen molar-refractivity contribution in [3.05, 3.63) is 41.5 Å². The van der Waals surface area contributed by atoms with Crippen LogP contribution in [0.3, 0.4) is 0 Å². The predicted molar refractivity (Wildman–Crippen MR) is 72.0 cm³/mol. The Bertz CT molecular complexity index is 486. The molecule has 0 spiro atoms. The van der Waals surface area contributed by atoms with Gasteiger partial charge in [0, 0.05) is 13.1 Å². The Morgan fingerprint density at radius 2 is 2.00 bits per heavy atom. The molecule has 3 nitrogen and oxygen atoms in total. The summed E-state index contributed by atoms with van der Waals surface area (Å²) in [6.07, 6.45) is 1.56. The molecule has 18 heavy (non-hydrogen) atoms. The van der Waals surface area contributed by atoms with E-state index >= 15 is 0 Å². The van der Waals surface area contributed by atoms with Crippen molar-refractivity contribution >= 4 is 12.2 Å². The Morgan fingerprint density at radius 1 is 1.33 bits per heavy atom. The van der Waals surface area contributed by atoms with Crippen LogP contribution in [0.4, 0.5) is 4.79 Å². The lowest BCUT2D eigenvalue weighted by Crippen LogP contribution is -2.33. The smallest absolute Gasteiger partial charge is 0.410 e. The lowest BCUT2D eigenvalue weighted by atomic mass is 10.1. The van der Waals surface area contributed by atoms with E-state index in [-0.39, 0.29) is 6.09 Å². The normalized spacial score (nSPS) is 14.3. The molecule has 1 aliphatic rings. The largest absolute Gasteiger partial charge is 0.444 e. The number of carbonyl (C=O) groups excluding carboxylic acids is 1. The SMILES string of the molecule is C=Cc1ccc2c(c1)CN(C(=O)OC(C)(C)C)C2. The Labute approximate surface area is 108 Å². The summed E-state index contributed by atoms with van der Waals surface area (Å²) in [5, 5.41) is 0. The minimum absolute atomic E-state index is 0.251. The van der Waals surface area contributed by atoms with E-state index in [0.29, 0.717) is 13.1 Å². The molecule has 1 aromatic rings. The van der Waals surface area contributed by atoms with Crippen LogP contribution in [-0.2, 0) is 17.8 Å². The topological polar surface area (TPSA) is 29.5 Å². The molecule has 1 heterocycles. The molecule has 0 saturated heterocycles. The molecule has 2 rings (SSSR count). The van der Waals surface area contributed by atoms with Crippen LogP contribution in [0, 0.1) is 0 Å². The zero-order valence-corrected chi connectivity index (χ0v) is 11.2. The highest BCUT2D eigenvalue weighted by Crippen LogP contribution is 2.25. The maximum absolute atomic E-state index is 12.0. The molecule has 96 valence electrons. The first-order valence-corrected chi connectivity index (χ1v) is 6.11. The van der Waals surface area contributed by atoms with Gasteiger partial charge in [0.05, 0.1) is 0 Å². The van der Waals surface area contributed by atoms with Gasteiger partial charge in [-0.25, -0.2) is 4.79 Å². The zero-order valence-electron chi connectivity index (χ0n) is 11.2. The number of ether oxygens (including phenoxy) is 1. The number of amides is 1. The summed E-state index contributed by atoms with van der Waals surface area (Å²) in [5.41, 5.74) is 3.00. The number of benzene rings is 1. The van der Waals surface area contributed by atoms with Crippen molar-refractivity contribution < 1.29 is 9.53 Å². The lowest BCUT2D eigenvalue weighted by Gasteiger charge is -2.24. The first kappa shape index (κ1) is 12.7. The van der Waals surface area contributed by atoms with Gasteiger partial charge in [-0.3, -0.25) is 4.90 Å². The molecule has 3 heteroatoms. The molecule has 0 atom stereocenters. The highest BCUT2D eigenvalue weighted by Gasteiger charge is 2.27. The number of nitrogens with zero attached hydrogens (tertiary/aromatic N) is 1. The van der Waals surface area contributed by atoms with Crippen LogP contribution in [0.1, 0.15) is 37.5 Å². The maximum atomic E-state index is 12.0. The highest BCUT2D eigenvalue weighted by atomic mass is 16.6. The van der Waals surface area contributed by atoms with E-state index in [0.717, 1.165) is 5.56 Å². The van der Waals surface area contributed by atoms with Crippen LogP contribution in [0.25, 0.3) is 6.08 Å². The molecule has 0 aromatic heterocycles. The van der Waals surface area contributed by atoms with Crippen LogP contribution in [0.2, 0.25) is 0 Å². The molecule has 0 fully saturated rings. The zero-order chi connectivity index (χ0) is 13.3. The number of rotatable bonds is 1. The monoisotopic (exact) mass is 245 g/mol. The van der Waals surface area contributed by atoms with Crippen LogP contribution in [0.15, 0.2) is 24.8 Å². The van der Waals surface area contributed by atoms with E-state index in [1.165, 1.54) is 11.1 Å². The number of fused-ring (bicyclic) bond motifs is 1. The molecule has 0 unspecified atom stereocenters. The van der Waals surface area contributed by atoms with E-state index in [1.807, 2.05) is 32.9 Å². The Morgan fingerprint density at radius 3 is 2.61 bits per heavy atom. The Hall–Kier alpha value is -1.77. The first-order valence-electron chi connectivity index (χ1n) is 6.11. The van der Waals surface area contributed by atoms with Crippen molar-refractivity contribution in [2.75, 3.05) is 0 Å². The van der Waals surface area contributed by atoms with Crippen LogP contribution < -0.4 is 0 Å². The standard InChI is InChI=1S/C15H19NO2/c1-5-11-6-7-12-9-16(10-13(12)8-11)14(17)18-15(2,3)4/h5-8H,1,9-10H2,2-4H3. The van der Waals surface area contributed by atoms with E-state index in [4.69, 9.17) is 4.74 Å². The summed E-state index contributed by atoms with van der Waals surface area (Å²) in [4.78, 5) is 13.7. The summed E-state index contributed by atoms with van der Waals surface area (Å²) in [6.45, 7) is 10.6. The Kier molecular flexibility index (Phi) is 3.16. The molecular weight excluding hydrogens is 226 g/mol. The predicted octanol–water partition coefficient (Wildman–Crippen LogP) is 3.58. The summed E-state index contributed by atoms with van der Waals surface area (Å²) < 4.78 is 5.38. The van der Waals surface area contributed by atoms with E-state index in [1.54, 1.807) is 4.90 Å². The molecule has 0 N–H and O–H groups in total. The van der Waals surface area contributed by atoms with Gasteiger partial charge >= 0.3 is 6.09 Å². The molecule has 1 aromatic carbocycles. The fourth-order valence-electron chi connectivity index (χ4n) is 2.00. The van der Waals surface area contributed by atoms with Crippen molar-refractivity contribution in [3.8, 4) is 0 Å². The average Bonchev–Trinajstić information content (AvgIpc) is 2.69. The highest BCUT2D eigenvalue weighted by molar-refractivity contribution is 5.69. The Balaban J connectivity index is 2.10. The van der Waals surface area contributed by atoms with Crippen LogP contribution in [-0.4, -0.2) is 16.6 Å². The van der Waals surface area contributed by atoms with Crippen molar-refractivity contribution in [1.82, 2.24) is 4.90 Å². The third-order valence-corrected chi connectivity index (χ3v) is 2.84. The maximum Gasteiger partial charge on any atom is 0.410 e. The van der Waals surface area contributed by atoms with Gasteiger partial charge in [0.15, 0.2) is 0 Å². The minimum Gasteiger partial charge on any atom is -0.444 e. The number of hydrogen-bond acceptors (Lipinski definition) is 2. The van der Waals surface area contributed by atoms with E-state index < -0.39 is 5.60 Å². The van der Waals surface area contributed by atoms with Gasteiger partial charge in [0.2, 0.25) is 0 Å². The van der Waals surface area contributed by atoms with E-state index in [9.17, 15) is 4.79 Å². The molecular formula is C15H19NO2. The quantitative estimate of drug-likeness (QED) is 0.756. The third kappa shape index (κ3) is 2.73. The fourth-order valence-corrected chi connectivity index (χ4v) is 2.00. The minimum atomic E-state index is -0.446. The lowest BCUT2D eigenvalue weighted by molar-refractivity contribution is 0.0242. The van der Waals surface area contributed by atoms with Crippen molar-refractivity contribution in [2.24, 2.45) is 0 Å². The number of hydrogen-bond donors (Lipinski definition) is 0. The van der Waals surface area contributed by atoms with Crippen LogP contribution >= 0.6 is 0 Å². The van der Waals surface area contributed by atoms with Gasteiger partial charge in [-0.05, 0) is 43.5 Å². The second-order valence-electron chi connectivity index (χ2n) is 5.57. The van der Waals surface area contributed by atoms with Gasteiger partial charge in [-0.15, -0.1) is 0 Å². The van der Waals surface area contributed by atoms with E-state index in [2.05, 4.69) is 18.7 Å². The van der Waals surface area contributed by atoms with Crippen molar-refractivity contribution in [3.63, 3.8) is 0 Å². The molecule has 0 saturated carbocycles. The van der Waals surface area contributed by atoms with Gasteiger partial charge < -0.3 is 4.74 Å². The van der Waals surface area contributed by atoms with Crippen molar-refractivity contribution in [2.45, 2.75) is 39.5 Å². The molecule has 0 aliphatic carbocycles. The molecule has 1 amide bonds. The fraction of sp³-hybridized carbons (Fsp3) is 0.400.